The molecule has 1 fully saturated rings. The third-order valence-corrected chi connectivity index (χ3v) is 3.78. The molecule has 1 aromatic carbocycles. The zero-order valence-electron chi connectivity index (χ0n) is 12.9. The summed E-state index contributed by atoms with van der Waals surface area (Å²) in [6, 6.07) is 3.89. The Morgan fingerprint density at radius 2 is 2.09 bits per heavy atom. The van der Waals surface area contributed by atoms with Gasteiger partial charge in [-0.1, -0.05) is 15.9 Å². The first-order valence-electron chi connectivity index (χ1n) is 7.13. The van der Waals surface area contributed by atoms with Crippen LogP contribution in [-0.2, 0) is 16.0 Å². The maximum Gasteiger partial charge on any atom is 0.410 e. The van der Waals surface area contributed by atoms with E-state index in [4.69, 9.17) is 4.74 Å². The zero-order valence-corrected chi connectivity index (χ0v) is 14.4. The Morgan fingerprint density at radius 1 is 1.41 bits per heavy atom. The van der Waals surface area contributed by atoms with E-state index in [-0.39, 0.29) is 18.0 Å². The number of carbonyl (C=O) groups is 2. The smallest absolute Gasteiger partial charge is 0.410 e. The molecule has 1 unspecified atom stereocenters. The summed E-state index contributed by atoms with van der Waals surface area (Å²) < 4.78 is 19.4. The van der Waals surface area contributed by atoms with Gasteiger partial charge in [-0.3, -0.25) is 9.69 Å². The second-order valence-corrected chi connectivity index (χ2v) is 7.30. The molecule has 0 bridgehead atoms. The number of hydrogen-bond donors (Lipinski definition) is 0. The number of ether oxygens (including phenoxy) is 1. The Bertz CT molecular complexity index is 577. The predicted octanol–water partition coefficient (Wildman–Crippen LogP) is 3.71. The first-order chi connectivity index (χ1) is 10.2. The van der Waals surface area contributed by atoms with Crippen LogP contribution in [0.3, 0.4) is 0 Å². The van der Waals surface area contributed by atoms with Crippen LogP contribution in [0.15, 0.2) is 22.7 Å². The largest absolute Gasteiger partial charge is 0.444 e. The molecule has 1 amide bonds. The molecule has 0 N–H and O–H groups in total. The van der Waals surface area contributed by atoms with E-state index < -0.39 is 17.7 Å². The third-order valence-electron chi connectivity index (χ3n) is 3.33. The molecule has 0 radical (unpaired) electrons. The number of benzene rings is 1. The molecule has 1 aromatic rings. The summed E-state index contributed by atoms with van der Waals surface area (Å²) in [7, 11) is 0. The lowest BCUT2D eigenvalue weighted by Crippen LogP contribution is -2.42. The van der Waals surface area contributed by atoms with Crippen molar-refractivity contribution in [2.75, 3.05) is 6.54 Å². The van der Waals surface area contributed by atoms with Gasteiger partial charge in [0.05, 0.1) is 6.04 Å². The SMILES string of the molecule is CC(C)(C)OC(=O)N1CCC(=O)C1Cc1cc(F)cc(Br)c1. The van der Waals surface area contributed by atoms with Crippen molar-refractivity contribution in [1.29, 1.82) is 0 Å². The number of halogens is 2. The maximum atomic E-state index is 13.5. The number of amides is 1. The van der Waals surface area contributed by atoms with E-state index in [0.717, 1.165) is 0 Å². The van der Waals surface area contributed by atoms with Crippen molar-refractivity contribution in [1.82, 2.24) is 4.90 Å². The monoisotopic (exact) mass is 371 g/mol. The summed E-state index contributed by atoms with van der Waals surface area (Å²) in [6.07, 6.45) is 0.0910. The Labute approximate surface area is 137 Å². The van der Waals surface area contributed by atoms with Crippen LogP contribution in [0, 0.1) is 5.82 Å². The van der Waals surface area contributed by atoms with Crippen molar-refractivity contribution in [3.05, 3.63) is 34.1 Å². The first kappa shape index (κ1) is 16.9. The number of hydrogen-bond acceptors (Lipinski definition) is 3. The van der Waals surface area contributed by atoms with Crippen molar-refractivity contribution in [3.63, 3.8) is 0 Å². The molecule has 0 spiro atoms. The molecule has 1 aliphatic rings. The van der Waals surface area contributed by atoms with Crippen LogP contribution in [0.2, 0.25) is 0 Å². The van der Waals surface area contributed by atoms with E-state index in [2.05, 4.69) is 15.9 Å². The highest BCUT2D eigenvalue weighted by atomic mass is 79.9. The quantitative estimate of drug-likeness (QED) is 0.795. The van der Waals surface area contributed by atoms with Crippen LogP contribution in [0.4, 0.5) is 9.18 Å². The van der Waals surface area contributed by atoms with Gasteiger partial charge in [0.2, 0.25) is 0 Å². The second kappa shape index (κ2) is 6.36. The predicted molar refractivity (Wildman–Crippen MR) is 84.2 cm³/mol. The van der Waals surface area contributed by atoms with Crippen molar-refractivity contribution in [2.45, 2.75) is 45.3 Å². The molecule has 1 heterocycles. The van der Waals surface area contributed by atoms with E-state index in [1.165, 1.54) is 17.0 Å². The van der Waals surface area contributed by atoms with Crippen molar-refractivity contribution >= 4 is 27.8 Å². The van der Waals surface area contributed by atoms with E-state index >= 15 is 0 Å². The second-order valence-electron chi connectivity index (χ2n) is 6.39. The standard InChI is InChI=1S/C16H19BrFNO3/c1-16(2,3)22-15(21)19-5-4-14(20)13(19)8-10-6-11(17)9-12(18)7-10/h6-7,9,13H,4-5,8H2,1-3H3. The number of likely N-dealkylation sites (tertiary alicyclic amines) is 1. The van der Waals surface area contributed by atoms with Gasteiger partial charge in [0.1, 0.15) is 11.4 Å². The van der Waals surface area contributed by atoms with Gasteiger partial charge in [0.25, 0.3) is 0 Å². The van der Waals surface area contributed by atoms with Crippen LogP contribution in [0.1, 0.15) is 32.8 Å². The average Bonchev–Trinajstić information content (AvgIpc) is 2.67. The Morgan fingerprint density at radius 3 is 2.68 bits per heavy atom. The van der Waals surface area contributed by atoms with Crippen LogP contribution >= 0.6 is 15.9 Å². The highest BCUT2D eigenvalue weighted by Crippen LogP contribution is 2.23. The number of nitrogens with zero attached hydrogens (tertiary/aromatic N) is 1. The molecule has 1 aliphatic heterocycles. The first-order valence-corrected chi connectivity index (χ1v) is 7.92. The van der Waals surface area contributed by atoms with Crippen LogP contribution in [0.25, 0.3) is 0 Å². The molecule has 4 nitrogen and oxygen atoms in total. The minimum Gasteiger partial charge on any atom is -0.444 e. The number of ketones is 1. The van der Waals surface area contributed by atoms with Gasteiger partial charge >= 0.3 is 6.09 Å². The lowest BCUT2D eigenvalue weighted by atomic mass is 10.0. The molecule has 1 atom stereocenters. The zero-order chi connectivity index (χ0) is 16.5. The van der Waals surface area contributed by atoms with Gasteiger partial charge in [0.15, 0.2) is 5.78 Å². The molecule has 6 heteroatoms. The average molecular weight is 372 g/mol. The summed E-state index contributed by atoms with van der Waals surface area (Å²) in [6.45, 7) is 5.68. The van der Waals surface area contributed by atoms with Gasteiger partial charge in [-0.2, -0.15) is 0 Å². The van der Waals surface area contributed by atoms with E-state index in [1.807, 2.05) is 0 Å². The summed E-state index contributed by atoms with van der Waals surface area (Å²) >= 11 is 3.23. The minimum atomic E-state index is -0.616. The normalized spacial score (nSPS) is 18.7. The summed E-state index contributed by atoms with van der Waals surface area (Å²) in [4.78, 5) is 25.7. The molecule has 0 saturated carbocycles. The summed E-state index contributed by atoms with van der Waals surface area (Å²) in [5, 5.41) is 0. The van der Waals surface area contributed by atoms with Gasteiger partial charge in [-0.05, 0) is 44.5 Å². The lowest BCUT2D eigenvalue weighted by Gasteiger charge is -2.28. The van der Waals surface area contributed by atoms with Gasteiger partial charge in [0, 0.05) is 23.9 Å². The number of Topliss-reactive ketones (excluding diaryl/α,β-unsaturated/α-hetero) is 1. The third kappa shape index (κ3) is 4.29. The summed E-state index contributed by atoms with van der Waals surface area (Å²) in [5.41, 5.74) is 0.0514. The Kier molecular flexibility index (Phi) is 4.90. The number of carbonyl (C=O) groups excluding carboxylic acids is 2. The van der Waals surface area contributed by atoms with Gasteiger partial charge < -0.3 is 4.74 Å². The fraction of sp³-hybridized carbons (Fsp3) is 0.500. The van der Waals surface area contributed by atoms with Crippen molar-refractivity contribution in [3.8, 4) is 0 Å². The molecular formula is C16H19BrFNO3. The minimum absolute atomic E-state index is 0.0220. The van der Waals surface area contributed by atoms with Crippen molar-refractivity contribution in [2.24, 2.45) is 0 Å². The Balaban J connectivity index is 2.16. The number of rotatable bonds is 2. The molecular weight excluding hydrogens is 353 g/mol. The molecule has 0 aliphatic carbocycles. The maximum absolute atomic E-state index is 13.5. The Hall–Kier alpha value is -1.43. The molecule has 22 heavy (non-hydrogen) atoms. The fourth-order valence-corrected chi connectivity index (χ4v) is 2.95. The van der Waals surface area contributed by atoms with E-state index in [0.29, 0.717) is 23.0 Å². The van der Waals surface area contributed by atoms with Crippen LogP contribution in [0.5, 0.6) is 0 Å². The highest BCUT2D eigenvalue weighted by Gasteiger charge is 2.37. The van der Waals surface area contributed by atoms with Crippen LogP contribution < -0.4 is 0 Å². The lowest BCUT2D eigenvalue weighted by molar-refractivity contribution is -0.119. The van der Waals surface area contributed by atoms with Crippen molar-refractivity contribution < 1.29 is 18.7 Å². The van der Waals surface area contributed by atoms with Gasteiger partial charge in [-0.25, -0.2) is 9.18 Å². The molecule has 0 aromatic heterocycles. The fourth-order valence-electron chi connectivity index (χ4n) is 2.44. The summed E-state index contributed by atoms with van der Waals surface area (Å²) in [5.74, 6) is -0.398. The highest BCUT2D eigenvalue weighted by molar-refractivity contribution is 9.10. The molecule has 2 rings (SSSR count). The molecule has 120 valence electrons. The molecule has 1 saturated heterocycles. The van der Waals surface area contributed by atoms with E-state index in [9.17, 15) is 14.0 Å². The topological polar surface area (TPSA) is 46.6 Å². The van der Waals surface area contributed by atoms with Gasteiger partial charge in [-0.15, -0.1) is 0 Å². The van der Waals surface area contributed by atoms with E-state index in [1.54, 1.807) is 26.8 Å². The van der Waals surface area contributed by atoms with Crippen LogP contribution in [-0.4, -0.2) is 35.0 Å².